The predicted octanol–water partition coefficient (Wildman–Crippen LogP) is 2.64. The van der Waals surface area contributed by atoms with Gasteiger partial charge in [-0.2, -0.15) is 0 Å². The smallest absolute Gasteiger partial charge is 0.360 e. The molecule has 0 saturated carbocycles. The van der Waals surface area contributed by atoms with Gasteiger partial charge in [-0.15, -0.1) is 0 Å². The van der Waals surface area contributed by atoms with Crippen molar-refractivity contribution in [2.75, 3.05) is 11.3 Å². The monoisotopic (exact) mass is 389 g/mol. The molecule has 136 valence electrons. The fourth-order valence-electron chi connectivity index (χ4n) is 2.10. The Kier molecular flexibility index (Phi) is 5.69. The van der Waals surface area contributed by atoms with E-state index in [1.165, 1.54) is 16.7 Å². The highest BCUT2D eigenvalue weighted by Crippen LogP contribution is 2.22. The molecule has 7 nitrogen and oxygen atoms in total. The Morgan fingerprint density at radius 1 is 1.44 bits per heavy atom. The number of imidazole rings is 1. The number of hydrogen-bond donors (Lipinski definition) is 1. The third-order valence-electron chi connectivity index (χ3n) is 3.38. The van der Waals surface area contributed by atoms with Crippen LogP contribution in [0.15, 0.2) is 18.2 Å². The lowest BCUT2D eigenvalue weighted by molar-refractivity contribution is 0.0521. The van der Waals surface area contributed by atoms with Crippen molar-refractivity contribution in [1.82, 2.24) is 9.55 Å². The van der Waals surface area contributed by atoms with Crippen molar-refractivity contribution >= 4 is 33.4 Å². The maximum Gasteiger partial charge on any atom is 0.360 e. The van der Waals surface area contributed by atoms with E-state index in [1.807, 2.05) is 0 Å². The van der Waals surface area contributed by atoms with Crippen LogP contribution in [0, 0.1) is 12.7 Å². The lowest BCUT2D eigenvalue weighted by Crippen LogP contribution is -2.19. The maximum absolute atomic E-state index is 13.2. The Labute approximate surface area is 149 Å². The molecule has 1 heterocycles. The molecule has 2 rings (SSSR count). The molecule has 25 heavy (non-hydrogen) atoms. The van der Waals surface area contributed by atoms with Crippen LogP contribution in [0.2, 0.25) is 5.02 Å². The van der Waals surface area contributed by atoms with Crippen molar-refractivity contribution in [3.8, 4) is 0 Å². The van der Waals surface area contributed by atoms with Crippen LogP contribution in [0.1, 0.15) is 28.8 Å². The highest BCUT2D eigenvalue weighted by Gasteiger charge is 2.24. The van der Waals surface area contributed by atoms with Crippen molar-refractivity contribution in [3.63, 3.8) is 0 Å². The lowest BCUT2D eigenvalue weighted by atomic mass is 10.2. The van der Waals surface area contributed by atoms with Gasteiger partial charge in [0.15, 0.2) is 11.5 Å². The van der Waals surface area contributed by atoms with Gasteiger partial charge in [0.2, 0.25) is 10.0 Å². The summed E-state index contributed by atoms with van der Waals surface area (Å²) in [7, 11) is -2.33. The summed E-state index contributed by atoms with van der Waals surface area (Å²) in [5.41, 5.74) is 0.179. The number of ether oxygens (including phenoxy) is 1. The average molecular weight is 390 g/mol. The molecule has 0 aliphatic rings. The van der Waals surface area contributed by atoms with Crippen molar-refractivity contribution < 1.29 is 22.3 Å². The Bertz CT molecular complexity index is 912. The summed E-state index contributed by atoms with van der Waals surface area (Å²) in [5, 5.41) is -0.170. The highest BCUT2D eigenvalue weighted by atomic mass is 35.5. The van der Waals surface area contributed by atoms with Gasteiger partial charge in [-0.25, -0.2) is 22.6 Å². The van der Waals surface area contributed by atoms with Gasteiger partial charge in [0.25, 0.3) is 0 Å². The average Bonchev–Trinajstić information content (AvgIpc) is 2.79. The van der Waals surface area contributed by atoms with E-state index < -0.39 is 27.6 Å². The van der Waals surface area contributed by atoms with Crippen LogP contribution in [-0.2, 0) is 27.6 Å². The summed E-state index contributed by atoms with van der Waals surface area (Å²) in [5.74, 6) is -1.37. The third-order valence-corrected chi connectivity index (χ3v) is 4.89. The number of aromatic nitrogens is 2. The standard InChI is InChI=1S/C15H17ClFN3O4S/c1-4-24-15(21)13-14(20(3)9(2)18-13)19-25(22,23)8-10-5-6-12(17)11(16)7-10/h5-7,19H,4,8H2,1-3H3. The quantitative estimate of drug-likeness (QED) is 0.767. The largest absolute Gasteiger partial charge is 0.461 e. The van der Waals surface area contributed by atoms with Gasteiger partial charge in [0, 0.05) is 7.05 Å². The molecule has 0 unspecified atom stereocenters. The minimum atomic E-state index is -3.90. The van der Waals surface area contributed by atoms with Crippen LogP contribution >= 0.6 is 11.6 Å². The van der Waals surface area contributed by atoms with E-state index in [4.69, 9.17) is 16.3 Å². The number of halogens is 2. The van der Waals surface area contributed by atoms with Crippen LogP contribution in [0.5, 0.6) is 0 Å². The predicted molar refractivity (Wildman–Crippen MR) is 91.6 cm³/mol. The second-order valence-corrected chi connectivity index (χ2v) is 7.37. The first-order valence-corrected chi connectivity index (χ1v) is 9.32. The number of aryl methyl sites for hydroxylation is 1. The summed E-state index contributed by atoms with van der Waals surface area (Å²) >= 11 is 5.67. The zero-order valence-corrected chi connectivity index (χ0v) is 15.4. The van der Waals surface area contributed by atoms with Gasteiger partial charge in [0.05, 0.1) is 17.4 Å². The number of sulfonamides is 1. The van der Waals surface area contributed by atoms with Crippen molar-refractivity contribution in [3.05, 3.63) is 46.1 Å². The summed E-state index contributed by atoms with van der Waals surface area (Å²) in [6, 6.07) is 3.64. The van der Waals surface area contributed by atoms with E-state index in [0.29, 0.717) is 11.4 Å². The Morgan fingerprint density at radius 2 is 2.12 bits per heavy atom. The molecule has 0 atom stereocenters. The van der Waals surface area contributed by atoms with Crippen LogP contribution in [0.4, 0.5) is 10.2 Å². The minimum Gasteiger partial charge on any atom is -0.461 e. The number of esters is 1. The second-order valence-electron chi connectivity index (χ2n) is 5.25. The number of carbonyl (C=O) groups is 1. The molecule has 10 heteroatoms. The molecule has 0 spiro atoms. The topological polar surface area (TPSA) is 90.3 Å². The fourth-order valence-corrected chi connectivity index (χ4v) is 3.52. The van der Waals surface area contributed by atoms with Crippen molar-refractivity contribution in [1.29, 1.82) is 0 Å². The molecule has 0 saturated heterocycles. The van der Waals surface area contributed by atoms with Gasteiger partial charge >= 0.3 is 5.97 Å². The minimum absolute atomic E-state index is 0.00385. The van der Waals surface area contributed by atoms with Crippen LogP contribution in [-0.4, -0.2) is 30.5 Å². The Balaban J connectivity index is 2.31. The van der Waals surface area contributed by atoms with Gasteiger partial charge < -0.3 is 9.30 Å². The molecule has 0 amide bonds. The second kappa shape index (κ2) is 7.40. The number of anilines is 1. The van der Waals surface area contributed by atoms with Crippen LogP contribution in [0.3, 0.4) is 0 Å². The zero-order chi connectivity index (χ0) is 18.8. The van der Waals surface area contributed by atoms with Gasteiger partial charge in [-0.05, 0) is 31.5 Å². The van der Waals surface area contributed by atoms with Crippen LogP contribution < -0.4 is 4.72 Å². The molecule has 0 aliphatic heterocycles. The Morgan fingerprint density at radius 3 is 2.72 bits per heavy atom. The van der Waals surface area contributed by atoms with Crippen molar-refractivity contribution in [2.24, 2.45) is 7.05 Å². The highest BCUT2D eigenvalue weighted by molar-refractivity contribution is 7.91. The first-order chi connectivity index (χ1) is 11.6. The van der Waals surface area contributed by atoms with Gasteiger partial charge in [-0.1, -0.05) is 17.7 Å². The number of nitrogens with zero attached hydrogens (tertiary/aromatic N) is 2. The summed E-state index contributed by atoms with van der Waals surface area (Å²) in [4.78, 5) is 16.0. The molecule has 0 fully saturated rings. The first-order valence-electron chi connectivity index (χ1n) is 7.29. The molecule has 0 radical (unpaired) electrons. The molecule has 1 N–H and O–H groups in total. The number of rotatable bonds is 6. The molecule has 0 bridgehead atoms. The zero-order valence-electron chi connectivity index (χ0n) is 13.8. The number of nitrogens with one attached hydrogen (secondary N) is 1. The summed E-state index contributed by atoms with van der Waals surface area (Å²) < 4.78 is 46.7. The van der Waals surface area contributed by atoms with E-state index >= 15 is 0 Å². The van der Waals surface area contributed by atoms with Crippen molar-refractivity contribution in [2.45, 2.75) is 19.6 Å². The molecule has 1 aromatic heterocycles. The van der Waals surface area contributed by atoms with E-state index in [1.54, 1.807) is 20.9 Å². The van der Waals surface area contributed by atoms with E-state index in [0.717, 1.165) is 6.07 Å². The molecule has 1 aromatic carbocycles. The van der Waals surface area contributed by atoms with Gasteiger partial charge in [-0.3, -0.25) is 4.72 Å². The van der Waals surface area contributed by atoms with Gasteiger partial charge in [0.1, 0.15) is 11.6 Å². The molecule has 0 aliphatic carbocycles. The first kappa shape index (κ1) is 19.2. The molecular weight excluding hydrogens is 373 g/mol. The number of carbonyl (C=O) groups excluding carboxylic acids is 1. The molecule has 2 aromatic rings. The fraction of sp³-hybridized carbons (Fsp3) is 0.333. The maximum atomic E-state index is 13.2. The molecular formula is C15H17ClFN3O4S. The number of hydrogen-bond acceptors (Lipinski definition) is 5. The van der Waals surface area contributed by atoms with E-state index in [9.17, 15) is 17.6 Å². The number of benzene rings is 1. The summed E-state index contributed by atoms with van der Waals surface area (Å²) in [6.45, 7) is 3.39. The van der Waals surface area contributed by atoms with E-state index in [-0.39, 0.29) is 23.1 Å². The lowest BCUT2D eigenvalue weighted by Gasteiger charge is -2.11. The normalized spacial score (nSPS) is 11.4. The van der Waals surface area contributed by atoms with E-state index in [2.05, 4.69) is 9.71 Å². The van der Waals surface area contributed by atoms with Crippen LogP contribution in [0.25, 0.3) is 0 Å². The Hall–Kier alpha value is -2.13. The summed E-state index contributed by atoms with van der Waals surface area (Å²) in [6.07, 6.45) is 0. The third kappa shape index (κ3) is 4.49. The SMILES string of the molecule is CCOC(=O)c1nc(C)n(C)c1NS(=O)(=O)Cc1ccc(F)c(Cl)c1.